The van der Waals surface area contributed by atoms with E-state index in [4.69, 9.17) is 23.2 Å². The van der Waals surface area contributed by atoms with Crippen molar-refractivity contribution in [1.29, 1.82) is 0 Å². The van der Waals surface area contributed by atoms with Crippen LogP contribution in [0.1, 0.15) is 26.2 Å². The van der Waals surface area contributed by atoms with Gasteiger partial charge in [-0.3, -0.25) is 0 Å². The molecule has 1 aromatic rings. The zero-order valence-electron chi connectivity index (χ0n) is 11.3. The Hall–Kier alpha value is -0.970. The van der Waals surface area contributed by atoms with Crippen LogP contribution in [0.3, 0.4) is 0 Å². The van der Waals surface area contributed by atoms with E-state index in [2.05, 4.69) is 5.32 Å². The summed E-state index contributed by atoms with van der Waals surface area (Å²) < 4.78 is 0. The van der Waals surface area contributed by atoms with E-state index in [9.17, 15) is 9.90 Å². The molecule has 1 unspecified atom stereocenters. The lowest BCUT2D eigenvalue weighted by Gasteiger charge is -2.23. The van der Waals surface area contributed by atoms with Crippen molar-refractivity contribution in [3.05, 3.63) is 28.2 Å². The Kier molecular flexibility index (Phi) is 4.78. The Morgan fingerprint density at radius 1 is 1.30 bits per heavy atom. The first-order valence-corrected chi connectivity index (χ1v) is 7.36. The predicted octanol–water partition coefficient (Wildman–Crippen LogP) is 3.76. The number of nitrogens with zero attached hydrogens (tertiary/aromatic N) is 1. The maximum Gasteiger partial charge on any atom is 0.321 e. The number of hydrogen-bond donors (Lipinski definition) is 2. The summed E-state index contributed by atoms with van der Waals surface area (Å²) in [6, 6.07) is 4.80. The topological polar surface area (TPSA) is 52.6 Å². The summed E-state index contributed by atoms with van der Waals surface area (Å²) in [4.78, 5) is 13.9. The highest BCUT2D eigenvalue weighted by Crippen LogP contribution is 2.26. The van der Waals surface area contributed by atoms with Crippen LogP contribution in [0.2, 0.25) is 10.0 Å². The normalized spacial score (nSPS) is 23.3. The van der Waals surface area contributed by atoms with Crippen molar-refractivity contribution in [3.8, 4) is 0 Å². The fourth-order valence-electron chi connectivity index (χ4n) is 2.24. The molecule has 0 spiro atoms. The number of rotatable bonds is 1. The number of anilines is 1. The van der Waals surface area contributed by atoms with Gasteiger partial charge in [0.25, 0.3) is 0 Å². The Balaban J connectivity index is 1.99. The van der Waals surface area contributed by atoms with Gasteiger partial charge in [0.05, 0.1) is 15.6 Å². The third-order valence-corrected chi connectivity index (χ3v) is 4.26. The molecule has 1 heterocycles. The van der Waals surface area contributed by atoms with Gasteiger partial charge in [0.1, 0.15) is 0 Å². The summed E-state index contributed by atoms with van der Waals surface area (Å²) in [5.74, 6) is 0. The molecular weight excluding hydrogens is 299 g/mol. The number of nitrogens with one attached hydrogen (secondary N) is 1. The van der Waals surface area contributed by atoms with Crippen molar-refractivity contribution in [2.75, 3.05) is 18.4 Å². The van der Waals surface area contributed by atoms with E-state index >= 15 is 0 Å². The molecular formula is C14H18Cl2N2O2. The number of urea groups is 1. The van der Waals surface area contributed by atoms with Crippen molar-refractivity contribution in [3.63, 3.8) is 0 Å². The second-order valence-electron chi connectivity index (χ2n) is 5.40. The Morgan fingerprint density at radius 3 is 2.75 bits per heavy atom. The van der Waals surface area contributed by atoms with E-state index in [1.54, 1.807) is 23.1 Å². The van der Waals surface area contributed by atoms with Crippen LogP contribution in [0.5, 0.6) is 0 Å². The zero-order valence-corrected chi connectivity index (χ0v) is 12.8. The minimum atomic E-state index is -0.682. The predicted molar refractivity (Wildman–Crippen MR) is 81.5 cm³/mol. The lowest BCUT2D eigenvalue weighted by atomic mass is 9.98. The first-order chi connectivity index (χ1) is 9.37. The number of aliphatic hydroxyl groups is 1. The van der Waals surface area contributed by atoms with Crippen LogP contribution >= 0.6 is 23.2 Å². The SMILES string of the molecule is CC1(O)CCCN(C(=O)Nc2ccc(Cl)c(Cl)c2)CC1. The molecule has 0 aromatic heterocycles. The molecule has 1 aromatic carbocycles. The minimum absolute atomic E-state index is 0.180. The molecule has 1 fully saturated rings. The molecule has 1 aliphatic heterocycles. The smallest absolute Gasteiger partial charge is 0.321 e. The fraction of sp³-hybridized carbons (Fsp3) is 0.500. The second-order valence-corrected chi connectivity index (χ2v) is 6.21. The molecule has 2 rings (SSSR count). The molecule has 1 atom stereocenters. The lowest BCUT2D eigenvalue weighted by molar-refractivity contribution is 0.0458. The van der Waals surface area contributed by atoms with Crippen molar-refractivity contribution in [2.45, 2.75) is 31.8 Å². The van der Waals surface area contributed by atoms with Crippen LogP contribution < -0.4 is 5.32 Å². The summed E-state index contributed by atoms with van der Waals surface area (Å²) in [5.41, 5.74) is -0.0704. The maximum absolute atomic E-state index is 12.2. The average Bonchev–Trinajstić information content (AvgIpc) is 2.55. The number of hydrogen-bond acceptors (Lipinski definition) is 2. The summed E-state index contributed by atoms with van der Waals surface area (Å²) in [5, 5.41) is 13.7. The molecule has 6 heteroatoms. The van der Waals surface area contributed by atoms with Crippen LogP contribution in [0.25, 0.3) is 0 Å². The number of halogens is 2. The van der Waals surface area contributed by atoms with Gasteiger partial charge in [0.15, 0.2) is 0 Å². The molecule has 2 N–H and O–H groups in total. The second kappa shape index (κ2) is 6.20. The average molecular weight is 317 g/mol. The molecule has 2 amide bonds. The van der Waals surface area contributed by atoms with Crippen LogP contribution in [0.15, 0.2) is 18.2 Å². The third-order valence-electron chi connectivity index (χ3n) is 3.52. The van der Waals surface area contributed by atoms with E-state index in [0.29, 0.717) is 41.7 Å². The van der Waals surface area contributed by atoms with Crippen molar-refractivity contribution in [1.82, 2.24) is 4.90 Å². The van der Waals surface area contributed by atoms with Gasteiger partial charge in [0, 0.05) is 18.8 Å². The highest BCUT2D eigenvalue weighted by atomic mass is 35.5. The van der Waals surface area contributed by atoms with Crippen LogP contribution in [0, 0.1) is 0 Å². The quantitative estimate of drug-likeness (QED) is 0.828. The first kappa shape index (κ1) is 15.4. The van der Waals surface area contributed by atoms with Gasteiger partial charge in [-0.25, -0.2) is 4.79 Å². The van der Waals surface area contributed by atoms with Crippen LogP contribution in [-0.2, 0) is 0 Å². The molecule has 110 valence electrons. The molecule has 20 heavy (non-hydrogen) atoms. The third kappa shape index (κ3) is 4.01. The van der Waals surface area contributed by atoms with Crippen LogP contribution in [-0.4, -0.2) is 34.7 Å². The minimum Gasteiger partial charge on any atom is -0.390 e. The molecule has 1 saturated heterocycles. The van der Waals surface area contributed by atoms with E-state index in [-0.39, 0.29) is 6.03 Å². The summed E-state index contributed by atoms with van der Waals surface area (Å²) >= 11 is 11.8. The molecule has 0 radical (unpaired) electrons. The van der Waals surface area contributed by atoms with Gasteiger partial charge >= 0.3 is 6.03 Å². The Labute approximate surface area is 128 Å². The van der Waals surface area contributed by atoms with Gasteiger partial charge in [-0.15, -0.1) is 0 Å². The fourth-order valence-corrected chi connectivity index (χ4v) is 2.54. The molecule has 0 aliphatic carbocycles. The van der Waals surface area contributed by atoms with E-state index < -0.39 is 5.60 Å². The lowest BCUT2D eigenvalue weighted by Crippen LogP contribution is -2.36. The first-order valence-electron chi connectivity index (χ1n) is 6.61. The summed E-state index contributed by atoms with van der Waals surface area (Å²) in [6.45, 7) is 3.00. The van der Waals surface area contributed by atoms with Gasteiger partial charge in [-0.1, -0.05) is 23.2 Å². The summed E-state index contributed by atoms with van der Waals surface area (Å²) in [6.07, 6.45) is 2.09. The molecule has 0 bridgehead atoms. The van der Waals surface area contributed by atoms with Crippen molar-refractivity contribution in [2.24, 2.45) is 0 Å². The monoisotopic (exact) mass is 316 g/mol. The number of benzene rings is 1. The molecule has 0 saturated carbocycles. The summed E-state index contributed by atoms with van der Waals surface area (Å²) in [7, 11) is 0. The van der Waals surface area contributed by atoms with Gasteiger partial charge in [0.2, 0.25) is 0 Å². The molecule has 4 nitrogen and oxygen atoms in total. The standard InChI is InChI=1S/C14H18Cl2N2O2/c1-14(20)5-2-7-18(8-6-14)13(19)17-10-3-4-11(15)12(16)9-10/h3-4,9,20H,2,5-8H2,1H3,(H,17,19). The van der Waals surface area contributed by atoms with Crippen molar-refractivity contribution >= 4 is 34.9 Å². The number of carbonyl (C=O) groups excluding carboxylic acids is 1. The Bertz CT molecular complexity index is 506. The van der Waals surface area contributed by atoms with Gasteiger partial charge < -0.3 is 15.3 Å². The molecule has 1 aliphatic rings. The maximum atomic E-state index is 12.2. The highest BCUT2D eigenvalue weighted by Gasteiger charge is 2.27. The number of likely N-dealkylation sites (tertiary alicyclic amines) is 1. The van der Waals surface area contributed by atoms with E-state index in [0.717, 1.165) is 6.42 Å². The van der Waals surface area contributed by atoms with E-state index in [1.807, 2.05) is 6.92 Å². The van der Waals surface area contributed by atoms with Crippen LogP contribution in [0.4, 0.5) is 10.5 Å². The largest absolute Gasteiger partial charge is 0.390 e. The number of amides is 2. The van der Waals surface area contributed by atoms with Gasteiger partial charge in [-0.2, -0.15) is 0 Å². The van der Waals surface area contributed by atoms with E-state index in [1.165, 1.54) is 0 Å². The number of carbonyl (C=O) groups is 1. The highest BCUT2D eigenvalue weighted by molar-refractivity contribution is 6.42. The van der Waals surface area contributed by atoms with Gasteiger partial charge in [-0.05, 0) is 44.4 Å². The Morgan fingerprint density at radius 2 is 2.05 bits per heavy atom. The van der Waals surface area contributed by atoms with Crippen molar-refractivity contribution < 1.29 is 9.90 Å². The zero-order chi connectivity index (χ0) is 14.8.